The van der Waals surface area contributed by atoms with Crippen LogP contribution in [0, 0.1) is 0 Å². The summed E-state index contributed by atoms with van der Waals surface area (Å²) in [5.74, 6) is -0.0874. The van der Waals surface area contributed by atoms with E-state index in [-0.39, 0.29) is 17.2 Å². The summed E-state index contributed by atoms with van der Waals surface area (Å²) in [7, 11) is -3.43. The number of nitrogens with two attached hydrogens (primary N) is 1. The second kappa shape index (κ2) is 7.74. The molecule has 0 radical (unpaired) electrons. The van der Waals surface area contributed by atoms with Crippen molar-refractivity contribution in [2.24, 2.45) is 0 Å². The normalized spacial score (nSPS) is 15.1. The van der Waals surface area contributed by atoms with Gasteiger partial charge in [-0.25, -0.2) is 8.42 Å². The third kappa shape index (κ3) is 6.43. The molecule has 1 rings (SSSR count). The Kier molecular flexibility index (Phi) is 6.60. The van der Waals surface area contributed by atoms with Gasteiger partial charge in [-0.1, -0.05) is 6.07 Å². The Hall–Kier alpha value is -1.15. The molecule has 0 amide bonds. The minimum Gasteiger partial charge on any atom is -0.399 e. The maximum Gasteiger partial charge on any atom is 0.179 e. The second-order valence-corrected chi connectivity index (χ2v) is 7.46. The van der Waals surface area contributed by atoms with Crippen molar-refractivity contribution in [3.8, 4) is 0 Å². The monoisotopic (exact) mass is 316 g/mol. The van der Waals surface area contributed by atoms with Gasteiger partial charge in [-0.3, -0.25) is 4.90 Å². The fourth-order valence-electron chi connectivity index (χ4n) is 2.08. The molecule has 0 aliphatic heterocycles. The van der Waals surface area contributed by atoms with Crippen LogP contribution in [0.3, 0.4) is 0 Å². The van der Waals surface area contributed by atoms with E-state index in [1.165, 1.54) is 12.1 Å². The average Bonchev–Trinajstić information content (AvgIpc) is 2.35. The van der Waals surface area contributed by atoms with Gasteiger partial charge in [0.15, 0.2) is 9.84 Å². The molecule has 0 fully saturated rings. The first kappa shape index (κ1) is 17.9. The van der Waals surface area contributed by atoms with E-state index in [9.17, 15) is 18.6 Å². The quantitative estimate of drug-likeness (QED) is 0.588. The van der Waals surface area contributed by atoms with Crippen molar-refractivity contribution >= 4 is 15.5 Å². The number of aliphatic hydroxyl groups excluding tert-OH is 2. The lowest BCUT2D eigenvalue weighted by atomic mass is 10.3. The number of benzene rings is 1. The summed E-state index contributed by atoms with van der Waals surface area (Å²) < 4.78 is 24.5. The van der Waals surface area contributed by atoms with Crippen LogP contribution >= 0.6 is 0 Å². The first-order valence-electron chi connectivity index (χ1n) is 6.87. The number of nitrogen functional groups attached to an aromatic ring is 1. The van der Waals surface area contributed by atoms with E-state index in [0.717, 1.165) is 0 Å². The zero-order valence-electron chi connectivity index (χ0n) is 12.4. The van der Waals surface area contributed by atoms with Gasteiger partial charge in [0.1, 0.15) is 0 Å². The third-order valence-corrected chi connectivity index (χ3v) is 4.63. The molecule has 0 aromatic heterocycles. The molecular weight excluding hydrogens is 292 g/mol. The van der Waals surface area contributed by atoms with Gasteiger partial charge in [0.05, 0.1) is 22.9 Å². The summed E-state index contributed by atoms with van der Waals surface area (Å²) >= 11 is 0. The van der Waals surface area contributed by atoms with Gasteiger partial charge in [-0.05, 0) is 32.0 Å². The predicted octanol–water partition coefficient (Wildman–Crippen LogP) is 0.106. The summed E-state index contributed by atoms with van der Waals surface area (Å²) in [5.41, 5.74) is 6.01. The minimum atomic E-state index is -3.43. The Labute approximate surface area is 126 Å². The standard InChI is InChI=1S/C14H24N2O4S/c1-11(17)9-16(10-12(2)18)6-7-21(19,20)14-5-3-4-13(15)8-14/h3-5,8,11-12,17-18H,6-7,9-10,15H2,1-2H3. The first-order valence-corrected chi connectivity index (χ1v) is 8.52. The van der Waals surface area contributed by atoms with Crippen molar-refractivity contribution in [2.75, 3.05) is 31.1 Å². The molecule has 1 aromatic carbocycles. The Morgan fingerprint density at radius 2 is 1.76 bits per heavy atom. The van der Waals surface area contributed by atoms with Gasteiger partial charge in [0.2, 0.25) is 0 Å². The maximum absolute atomic E-state index is 12.3. The molecule has 0 heterocycles. The zero-order valence-corrected chi connectivity index (χ0v) is 13.3. The Morgan fingerprint density at radius 3 is 2.24 bits per heavy atom. The lowest BCUT2D eigenvalue weighted by Gasteiger charge is -2.24. The number of hydrogen-bond acceptors (Lipinski definition) is 6. The summed E-state index contributed by atoms with van der Waals surface area (Å²) in [4.78, 5) is 1.93. The molecule has 6 nitrogen and oxygen atoms in total. The van der Waals surface area contributed by atoms with Crippen molar-refractivity contribution in [1.29, 1.82) is 0 Å². The van der Waals surface area contributed by atoms with Gasteiger partial charge < -0.3 is 15.9 Å². The van der Waals surface area contributed by atoms with Crippen molar-refractivity contribution in [3.05, 3.63) is 24.3 Å². The summed E-state index contributed by atoms with van der Waals surface area (Å²) in [6.45, 7) is 4.13. The first-order chi connectivity index (χ1) is 9.70. The molecule has 120 valence electrons. The molecule has 0 aliphatic carbocycles. The molecule has 21 heavy (non-hydrogen) atoms. The lowest BCUT2D eigenvalue weighted by molar-refractivity contribution is 0.0873. The van der Waals surface area contributed by atoms with Crippen LogP contribution in [-0.4, -0.2) is 61.1 Å². The molecule has 1 aromatic rings. The topological polar surface area (TPSA) is 104 Å². The van der Waals surface area contributed by atoms with Crippen molar-refractivity contribution in [1.82, 2.24) is 4.90 Å². The van der Waals surface area contributed by atoms with Gasteiger partial charge >= 0.3 is 0 Å². The predicted molar refractivity (Wildman–Crippen MR) is 82.7 cm³/mol. The van der Waals surface area contributed by atoms with Crippen LogP contribution in [0.2, 0.25) is 0 Å². The highest BCUT2D eigenvalue weighted by Gasteiger charge is 2.18. The van der Waals surface area contributed by atoms with Gasteiger partial charge in [-0.2, -0.15) is 0 Å². The van der Waals surface area contributed by atoms with Crippen LogP contribution in [0.25, 0.3) is 0 Å². The van der Waals surface area contributed by atoms with E-state index in [0.29, 0.717) is 18.8 Å². The van der Waals surface area contributed by atoms with Crippen molar-refractivity contribution in [3.63, 3.8) is 0 Å². The number of aliphatic hydroxyl groups is 2. The summed E-state index contributed by atoms with van der Waals surface area (Å²) in [6, 6.07) is 6.18. The van der Waals surface area contributed by atoms with Crippen LogP contribution in [0.4, 0.5) is 5.69 Å². The van der Waals surface area contributed by atoms with Crippen molar-refractivity contribution in [2.45, 2.75) is 31.0 Å². The Bertz CT molecular complexity index is 534. The average molecular weight is 316 g/mol. The molecule has 2 atom stereocenters. The number of anilines is 1. The van der Waals surface area contributed by atoms with E-state index in [1.807, 2.05) is 0 Å². The molecule has 4 N–H and O–H groups in total. The minimum absolute atomic E-state index is 0.0874. The molecule has 2 unspecified atom stereocenters. The molecule has 0 aliphatic rings. The molecule has 0 spiro atoms. The van der Waals surface area contributed by atoms with E-state index in [1.54, 1.807) is 30.9 Å². The van der Waals surface area contributed by atoms with Crippen LogP contribution in [0.5, 0.6) is 0 Å². The number of nitrogens with zero attached hydrogens (tertiary/aromatic N) is 1. The zero-order chi connectivity index (χ0) is 16.0. The van der Waals surface area contributed by atoms with E-state index < -0.39 is 22.0 Å². The molecular formula is C14H24N2O4S. The Morgan fingerprint density at radius 1 is 1.19 bits per heavy atom. The number of sulfone groups is 1. The van der Waals surface area contributed by atoms with Gasteiger partial charge in [0, 0.05) is 25.3 Å². The summed E-state index contributed by atoms with van der Waals surface area (Å²) in [5, 5.41) is 18.9. The number of hydrogen-bond donors (Lipinski definition) is 3. The molecule has 0 bridgehead atoms. The van der Waals surface area contributed by atoms with Crippen LogP contribution < -0.4 is 5.73 Å². The highest BCUT2D eigenvalue weighted by Crippen LogP contribution is 2.14. The van der Waals surface area contributed by atoms with Crippen LogP contribution in [0.1, 0.15) is 13.8 Å². The SMILES string of the molecule is CC(O)CN(CCS(=O)(=O)c1cccc(N)c1)CC(C)O. The third-order valence-electron chi connectivity index (χ3n) is 2.94. The lowest BCUT2D eigenvalue weighted by Crippen LogP contribution is -2.39. The summed E-state index contributed by atoms with van der Waals surface area (Å²) in [6.07, 6.45) is -1.17. The van der Waals surface area contributed by atoms with Gasteiger partial charge in [-0.15, -0.1) is 0 Å². The van der Waals surface area contributed by atoms with E-state index in [2.05, 4.69) is 0 Å². The maximum atomic E-state index is 12.3. The molecule has 7 heteroatoms. The smallest absolute Gasteiger partial charge is 0.179 e. The Balaban J connectivity index is 2.73. The highest BCUT2D eigenvalue weighted by atomic mass is 32.2. The molecule has 0 saturated heterocycles. The van der Waals surface area contributed by atoms with Crippen molar-refractivity contribution < 1.29 is 18.6 Å². The fourth-order valence-corrected chi connectivity index (χ4v) is 3.42. The fraction of sp³-hybridized carbons (Fsp3) is 0.571. The van der Waals surface area contributed by atoms with E-state index in [4.69, 9.17) is 5.73 Å². The second-order valence-electron chi connectivity index (χ2n) is 5.35. The largest absolute Gasteiger partial charge is 0.399 e. The number of rotatable bonds is 8. The van der Waals surface area contributed by atoms with Crippen LogP contribution in [0.15, 0.2) is 29.2 Å². The molecule has 0 saturated carbocycles. The van der Waals surface area contributed by atoms with Crippen LogP contribution in [-0.2, 0) is 9.84 Å². The van der Waals surface area contributed by atoms with Gasteiger partial charge in [0.25, 0.3) is 0 Å². The highest BCUT2D eigenvalue weighted by molar-refractivity contribution is 7.91. The van der Waals surface area contributed by atoms with E-state index >= 15 is 0 Å².